The molecular formula is C26H26Cl2N4O3. The minimum Gasteiger partial charge on any atom is -0.489 e. The van der Waals surface area contributed by atoms with Gasteiger partial charge in [0, 0.05) is 40.6 Å². The van der Waals surface area contributed by atoms with Crippen LogP contribution in [0.25, 0.3) is 33.4 Å². The smallest absolute Gasteiger partial charge is 0.410 e. The van der Waals surface area contributed by atoms with E-state index in [-0.39, 0.29) is 6.61 Å². The molecule has 1 N–H and O–H groups in total. The molecule has 0 atom stereocenters. The predicted molar refractivity (Wildman–Crippen MR) is 139 cm³/mol. The zero-order chi connectivity index (χ0) is 25.2. The van der Waals surface area contributed by atoms with Gasteiger partial charge in [-0.3, -0.25) is 9.97 Å². The Kier molecular flexibility index (Phi) is 7.19. The molecular weight excluding hydrogens is 487 g/mol. The van der Waals surface area contributed by atoms with Gasteiger partial charge in [-0.1, -0.05) is 23.2 Å². The molecule has 35 heavy (non-hydrogen) atoms. The summed E-state index contributed by atoms with van der Waals surface area (Å²) < 4.78 is 11.5. The van der Waals surface area contributed by atoms with Gasteiger partial charge in [0.15, 0.2) is 0 Å². The topological polar surface area (TPSA) is 80.3 Å². The maximum Gasteiger partial charge on any atom is 0.410 e. The number of hydrogen-bond donors (Lipinski definition) is 1. The number of aromatic nitrogens is 3. The minimum absolute atomic E-state index is 0.255. The fourth-order valence-corrected chi connectivity index (χ4v) is 4.15. The maximum absolute atomic E-state index is 12.2. The first-order chi connectivity index (χ1) is 16.6. The van der Waals surface area contributed by atoms with E-state index in [1.54, 1.807) is 31.7 Å². The quantitative estimate of drug-likeness (QED) is 0.305. The van der Waals surface area contributed by atoms with Crippen molar-refractivity contribution in [2.45, 2.75) is 26.4 Å². The van der Waals surface area contributed by atoms with E-state index in [1.807, 2.05) is 51.1 Å². The molecule has 7 nitrogen and oxygen atoms in total. The van der Waals surface area contributed by atoms with Crippen LogP contribution in [0.2, 0.25) is 10.0 Å². The van der Waals surface area contributed by atoms with Crippen molar-refractivity contribution in [2.75, 3.05) is 20.2 Å². The average molecular weight is 513 g/mol. The number of aromatic amines is 1. The summed E-state index contributed by atoms with van der Waals surface area (Å²) in [5, 5.41) is 1.06. The maximum atomic E-state index is 12.2. The van der Waals surface area contributed by atoms with Crippen LogP contribution in [0.3, 0.4) is 0 Å². The van der Waals surface area contributed by atoms with Crippen LogP contribution < -0.4 is 4.74 Å². The molecule has 0 spiro atoms. The van der Waals surface area contributed by atoms with Crippen molar-refractivity contribution in [3.63, 3.8) is 0 Å². The molecule has 0 unspecified atom stereocenters. The summed E-state index contributed by atoms with van der Waals surface area (Å²) in [5.74, 6) is 0.561. The van der Waals surface area contributed by atoms with Gasteiger partial charge in [0.2, 0.25) is 0 Å². The summed E-state index contributed by atoms with van der Waals surface area (Å²) in [4.78, 5) is 26.0. The Hall–Kier alpha value is -3.29. The number of nitrogens with zero attached hydrogens (tertiary/aromatic N) is 3. The molecule has 1 amide bonds. The molecule has 3 aromatic heterocycles. The summed E-state index contributed by atoms with van der Waals surface area (Å²) in [5.41, 5.74) is 4.36. The van der Waals surface area contributed by atoms with Crippen LogP contribution in [-0.2, 0) is 4.74 Å². The number of benzene rings is 1. The Morgan fingerprint density at radius 3 is 2.57 bits per heavy atom. The van der Waals surface area contributed by atoms with Crippen molar-refractivity contribution in [1.29, 1.82) is 0 Å². The van der Waals surface area contributed by atoms with Crippen molar-refractivity contribution < 1.29 is 14.3 Å². The van der Waals surface area contributed by atoms with Gasteiger partial charge < -0.3 is 19.4 Å². The Labute approximate surface area is 214 Å². The Morgan fingerprint density at radius 2 is 1.86 bits per heavy atom. The van der Waals surface area contributed by atoms with Gasteiger partial charge in [0.1, 0.15) is 18.0 Å². The number of carbonyl (C=O) groups is 1. The van der Waals surface area contributed by atoms with E-state index >= 15 is 0 Å². The Morgan fingerprint density at radius 1 is 1.11 bits per heavy atom. The molecule has 3 heterocycles. The average Bonchev–Trinajstić information content (AvgIpc) is 3.17. The fourth-order valence-electron chi connectivity index (χ4n) is 3.63. The molecule has 0 aliphatic carbocycles. The third kappa shape index (κ3) is 5.86. The molecule has 182 valence electrons. The number of likely N-dealkylation sites (N-methyl/N-ethyl adjacent to an activating group) is 1. The highest BCUT2D eigenvalue weighted by atomic mass is 35.5. The highest BCUT2D eigenvalue weighted by molar-refractivity contribution is 6.35. The van der Waals surface area contributed by atoms with Crippen LogP contribution >= 0.6 is 23.2 Å². The Balaban J connectivity index is 1.66. The molecule has 0 aliphatic rings. The molecule has 0 radical (unpaired) electrons. The Bertz CT molecular complexity index is 1340. The SMILES string of the molecule is CN(CCOc1cnccc1-c1[nH]c2cccnc2c1-c1cc(Cl)cc(Cl)c1)C(=O)OC(C)(C)C. The van der Waals surface area contributed by atoms with Crippen LogP contribution in [0.5, 0.6) is 5.75 Å². The summed E-state index contributed by atoms with van der Waals surface area (Å²) in [6.45, 7) is 6.09. The van der Waals surface area contributed by atoms with Crippen LogP contribution in [0.15, 0.2) is 55.0 Å². The number of nitrogens with one attached hydrogen (secondary N) is 1. The van der Waals surface area contributed by atoms with E-state index in [9.17, 15) is 4.79 Å². The first-order valence-electron chi connectivity index (χ1n) is 11.1. The molecule has 0 bridgehead atoms. The number of rotatable bonds is 6. The van der Waals surface area contributed by atoms with Gasteiger partial charge in [0.25, 0.3) is 0 Å². The normalized spacial score (nSPS) is 11.5. The number of hydrogen-bond acceptors (Lipinski definition) is 5. The number of pyridine rings is 2. The second kappa shape index (κ2) is 10.1. The predicted octanol–water partition coefficient (Wildman–Crippen LogP) is 6.84. The molecule has 0 saturated carbocycles. The monoisotopic (exact) mass is 512 g/mol. The summed E-state index contributed by atoms with van der Waals surface area (Å²) in [6.07, 6.45) is 4.68. The van der Waals surface area contributed by atoms with E-state index in [2.05, 4.69) is 15.0 Å². The second-order valence-electron chi connectivity index (χ2n) is 9.05. The van der Waals surface area contributed by atoms with Crippen molar-refractivity contribution in [3.8, 4) is 28.1 Å². The number of H-pyrrole nitrogens is 1. The van der Waals surface area contributed by atoms with E-state index in [1.165, 1.54) is 4.90 Å². The lowest BCUT2D eigenvalue weighted by atomic mass is 10.0. The molecule has 0 saturated heterocycles. The summed E-state index contributed by atoms with van der Waals surface area (Å²) in [7, 11) is 1.67. The van der Waals surface area contributed by atoms with Crippen molar-refractivity contribution in [1.82, 2.24) is 19.9 Å². The highest BCUT2D eigenvalue weighted by Crippen LogP contribution is 2.41. The lowest BCUT2D eigenvalue weighted by molar-refractivity contribution is 0.0278. The molecule has 4 aromatic rings. The summed E-state index contributed by atoms with van der Waals surface area (Å²) >= 11 is 12.6. The van der Waals surface area contributed by atoms with Gasteiger partial charge in [0.05, 0.1) is 29.5 Å². The molecule has 4 rings (SSSR count). The lowest BCUT2D eigenvalue weighted by Gasteiger charge is -2.24. The van der Waals surface area contributed by atoms with Gasteiger partial charge in [-0.15, -0.1) is 0 Å². The minimum atomic E-state index is -0.563. The summed E-state index contributed by atoms with van der Waals surface area (Å²) in [6, 6.07) is 11.1. The highest BCUT2D eigenvalue weighted by Gasteiger charge is 2.21. The van der Waals surface area contributed by atoms with Crippen molar-refractivity contribution >= 4 is 40.3 Å². The van der Waals surface area contributed by atoms with Crippen molar-refractivity contribution in [3.05, 3.63) is 65.0 Å². The third-order valence-corrected chi connectivity index (χ3v) is 5.59. The number of halogens is 2. The molecule has 9 heteroatoms. The van der Waals surface area contributed by atoms with Crippen LogP contribution in [0.4, 0.5) is 4.79 Å². The van der Waals surface area contributed by atoms with E-state index in [0.717, 1.165) is 33.4 Å². The third-order valence-electron chi connectivity index (χ3n) is 5.15. The van der Waals surface area contributed by atoms with Crippen LogP contribution in [0, 0.1) is 0 Å². The fraction of sp³-hybridized carbons (Fsp3) is 0.269. The molecule has 0 fully saturated rings. The standard InChI is InChI=1S/C26H26Cl2N4O3/c1-26(2,3)35-25(33)32(4)10-11-34-21-15-29-9-7-19(21)23-22(16-12-17(27)14-18(28)13-16)24-20(31-23)6-5-8-30-24/h5-9,12-15,31H,10-11H2,1-4H3. The lowest BCUT2D eigenvalue weighted by Crippen LogP contribution is -2.36. The molecule has 0 aliphatic heterocycles. The number of ether oxygens (including phenoxy) is 2. The van der Waals surface area contributed by atoms with Crippen LogP contribution in [0.1, 0.15) is 20.8 Å². The van der Waals surface area contributed by atoms with Crippen LogP contribution in [-0.4, -0.2) is 51.7 Å². The first kappa shape index (κ1) is 24.8. The van der Waals surface area contributed by atoms with Gasteiger partial charge in [-0.2, -0.15) is 0 Å². The first-order valence-corrected chi connectivity index (χ1v) is 11.8. The van der Waals surface area contributed by atoms with E-state index in [4.69, 9.17) is 32.7 Å². The van der Waals surface area contributed by atoms with Gasteiger partial charge in [-0.05, 0) is 62.7 Å². The van der Waals surface area contributed by atoms with E-state index < -0.39 is 11.7 Å². The molecule has 1 aromatic carbocycles. The largest absolute Gasteiger partial charge is 0.489 e. The number of amides is 1. The second-order valence-corrected chi connectivity index (χ2v) is 9.93. The van der Waals surface area contributed by atoms with E-state index in [0.29, 0.717) is 22.3 Å². The zero-order valence-corrected chi connectivity index (χ0v) is 21.4. The number of fused-ring (bicyclic) bond motifs is 1. The van der Waals surface area contributed by atoms with Crippen molar-refractivity contribution in [2.24, 2.45) is 0 Å². The van der Waals surface area contributed by atoms with Gasteiger partial charge in [-0.25, -0.2) is 4.79 Å². The number of carbonyl (C=O) groups excluding carboxylic acids is 1. The van der Waals surface area contributed by atoms with Gasteiger partial charge >= 0.3 is 6.09 Å². The zero-order valence-electron chi connectivity index (χ0n) is 19.9.